The molecular weight excluding hydrogens is 451 g/mol. The van der Waals surface area contributed by atoms with Gasteiger partial charge in [-0.25, -0.2) is 13.1 Å². The average Bonchev–Trinajstić information content (AvgIpc) is 2.48. The van der Waals surface area contributed by atoms with Crippen LogP contribution < -0.4 is 15.4 Å². The van der Waals surface area contributed by atoms with Crippen LogP contribution >= 0.6 is 24.0 Å². The number of guanidine groups is 1. The minimum absolute atomic E-state index is 0. The average molecular weight is 482 g/mol. The van der Waals surface area contributed by atoms with Gasteiger partial charge in [0.2, 0.25) is 10.0 Å². The Kier molecular flexibility index (Phi) is 10.6. The summed E-state index contributed by atoms with van der Waals surface area (Å²) < 4.78 is 24.4. The summed E-state index contributed by atoms with van der Waals surface area (Å²) in [6.45, 7) is 8.18. The molecule has 1 aromatic carbocycles. The van der Waals surface area contributed by atoms with Crippen molar-refractivity contribution in [3.63, 3.8) is 0 Å². The summed E-state index contributed by atoms with van der Waals surface area (Å²) in [5, 5.41) is 6.29. The van der Waals surface area contributed by atoms with E-state index in [1.807, 2.05) is 0 Å². The third-order valence-electron chi connectivity index (χ3n) is 3.53. The molecule has 0 aliphatic heterocycles. The van der Waals surface area contributed by atoms with Gasteiger partial charge in [0.1, 0.15) is 0 Å². The Bertz CT molecular complexity index is 638. The molecule has 1 rings (SSSR count). The van der Waals surface area contributed by atoms with Crippen molar-refractivity contribution in [1.82, 2.24) is 15.4 Å². The minimum Gasteiger partial charge on any atom is -0.356 e. The molecule has 144 valence electrons. The highest BCUT2D eigenvalue weighted by Crippen LogP contribution is 2.22. The number of nitrogens with zero attached hydrogens (tertiary/aromatic N) is 1. The third-order valence-corrected chi connectivity index (χ3v) is 4.26. The van der Waals surface area contributed by atoms with E-state index >= 15 is 0 Å². The maximum absolute atomic E-state index is 11.0. The molecular formula is C17H31IN4O2S. The largest absolute Gasteiger partial charge is 0.356 e. The fourth-order valence-electron chi connectivity index (χ4n) is 2.13. The number of halogens is 1. The topological polar surface area (TPSA) is 82.6 Å². The molecule has 0 amide bonds. The van der Waals surface area contributed by atoms with Gasteiger partial charge in [-0.05, 0) is 23.0 Å². The van der Waals surface area contributed by atoms with E-state index in [2.05, 4.69) is 65.4 Å². The van der Waals surface area contributed by atoms with Gasteiger partial charge in [-0.2, -0.15) is 0 Å². The van der Waals surface area contributed by atoms with Gasteiger partial charge in [0.25, 0.3) is 0 Å². The van der Waals surface area contributed by atoms with Crippen LogP contribution in [0.2, 0.25) is 0 Å². The Morgan fingerprint density at radius 1 is 1.04 bits per heavy atom. The molecule has 0 heterocycles. The molecule has 0 fully saturated rings. The van der Waals surface area contributed by atoms with Crippen LogP contribution in [0.3, 0.4) is 0 Å². The van der Waals surface area contributed by atoms with Gasteiger partial charge in [0.05, 0.1) is 6.26 Å². The van der Waals surface area contributed by atoms with Crippen LogP contribution in [-0.2, 0) is 21.9 Å². The molecule has 0 atom stereocenters. The SMILES string of the molecule is CN=C(NCCNS(C)(=O)=O)NCCc1ccc(C(C)(C)C)cc1.I. The fourth-order valence-corrected chi connectivity index (χ4v) is 2.61. The molecule has 25 heavy (non-hydrogen) atoms. The number of nitrogens with one attached hydrogen (secondary N) is 3. The number of aliphatic imine (C=N–C) groups is 1. The van der Waals surface area contributed by atoms with Crippen molar-refractivity contribution in [1.29, 1.82) is 0 Å². The highest BCUT2D eigenvalue weighted by atomic mass is 127. The molecule has 0 unspecified atom stereocenters. The molecule has 0 aliphatic rings. The second-order valence-electron chi connectivity index (χ2n) is 6.79. The molecule has 0 radical (unpaired) electrons. The quantitative estimate of drug-likeness (QED) is 0.240. The molecule has 0 saturated heterocycles. The van der Waals surface area contributed by atoms with Gasteiger partial charge in [-0.1, -0.05) is 45.0 Å². The predicted molar refractivity (Wildman–Crippen MR) is 116 cm³/mol. The van der Waals surface area contributed by atoms with Gasteiger partial charge in [-0.15, -0.1) is 24.0 Å². The molecule has 3 N–H and O–H groups in total. The Morgan fingerprint density at radius 2 is 1.60 bits per heavy atom. The lowest BCUT2D eigenvalue weighted by molar-refractivity contribution is 0.586. The van der Waals surface area contributed by atoms with Gasteiger partial charge >= 0.3 is 0 Å². The maximum atomic E-state index is 11.0. The fraction of sp³-hybridized carbons (Fsp3) is 0.588. The van der Waals surface area contributed by atoms with E-state index in [1.54, 1.807) is 7.05 Å². The summed E-state index contributed by atoms with van der Waals surface area (Å²) in [7, 11) is -1.45. The number of benzene rings is 1. The van der Waals surface area contributed by atoms with E-state index < -0.39 is 10.0 Å². The molecule has 0 aliphatic carbocycles. The van der Waals surface area contributed by atoms with Crippen molar-refractivity contribution < 1.29 is 8.42 Å². The summed E-state index contributed by atoms with van der Waals surface area (Å²) in [6.07, 6.45) is 2.04. The summed E-state index contributed by atoms with van der Waals surface area (Å²) in [5.74, 6) is 0.664. The van der Waals surface area contributed by atoms with Crippen molar-refractivity contribution in [2.45, 2.75) is 32.6 Å². The smallest absolute Gasteiger partial charge is 0.208 e. The Balaban J connectivity index is 0.00000576. The van der Waals surface area contributed by atoms with Crippen LogP contribution in [0.1, 0.15) is 31.9 Å². The van der Waals surface area contributed by atoms with Crippen LogP contribution in [0.4, 0.5) is 0 Å². The Hall–Kier alpha value is -0.870. The number of sulfonamides is 1. The third kappa shape index (κ3) is 10.7. The summed E-state index contributed by atoms with van der Waals surface area (Å²) in [4.78, 5) is 4.12. The lowest BCUT2D eigenvalue weighted by Gasteiger charge is -2.19. The van der Waals surface area contributed by atoms with Crippen LogP contribution in [0, 0.1) is 0 Å². The molecule has 1 aromatic rings. The molecule has 6 nitrogen and oxygen atoms in total. The zero-order valence-electron chi connectivity index (χ0n) is 15.7. The number of rotatable bonds is 7. The first-order valence-corrected chi connectivity index (χ1v) is 9.99. The van der Waals surface area contributed by atoms with E-state index in [-0.39, 0.29) is 29.4 Å². The summed E-state index contributed by atoms with van der Waals surface area (Å²) in [6, 6.07) is 8.68. The van der Waals surface area contributed by atoms with E-state index in [0.29, 0.717) is 19.0 Å². The lowest BCUT2D eigenvalue weighted by Crippen LogP contribution is -2.42. The maximum Gasteiger partial charge on any atom is 0.208 e. The monoisotopic (exact) mass is 482 g/mol. The van der Waals surface area contributed by atoms with Crippen LogP contribution in [0.15, 0.2) is 29.3 Å². The predicted octanol–water partition coefficient (Wildman–Crippen LogP) is 1.86. The van der Waals surface area contributed by atoms with Crippen molar-refractivity contribution >= 4 is 40.0 Å². The molecule has 8 heteroatoms. The Morgan fingerprint density at radius 3 is 2.08 bits per heavy atom. The molecule has 0 bridgehead atoms. The van der Waals surface area contributed by atoms with Crippen molar-refractivity contribution in [3.8, 4) is 0 Å². The Labute approximate surface area is 169 Å². The van der Waals surface area contributed by atoms with Gasteiger partial charge in [-0.3, -0.25) is 4.99 Å². The molecule has 0 saturated carbocycles. The zero-order chi connectivity index (χ0) is 18.2. The first-order valence-electron chi connectivity index (χ1n) is 8.10. The van der Waals surface area contributed by atoms with Crippen molar-refractivity contribution in [2.24, 2.45) is 4.99 Å². The van der Waals surface area contributed by atoms with E-state index in [9.17, 15) is 8.42 Å². The van der Waals surface area contributed by atoms with Crippen molar-refractivity contribution in [2.75, 3.05) is 32.9 Å². The molecule has 0 spiro atoms. The van der Waals surface area contributed by atoms with Crippen molar-refractivity contribution in [3.05, 3.63) is 35.4 Å². The number of hydrogen-bond acceptors (Lipinski definition) is 3. The second kappa shape index (κ2) is 11.0. The first kappa shape index (κ1) is 24.1. The zero-order valence-corrected chi connectivity index (χ0v) is 18.9. The van der Waals surface area contributed by atoms with E-state index in [1.165, 1.54) is 11.1 Å². The standard InChI is InChI=1S/C17H30N4O2S.HI/c1-17(2,3)15-8-6-14(7-9-15)10-11-19-16(18-4)20-12-13-21-24(5,22)23;/h6-9,21H,10-13H2,1-5H3,(H2,18,19,20);1H. The molecule has 0 aromatic heterocycles. The van der Waals surface area contributed by atoms with Crippen LogP contribution in [0.5, 0.6) is 0 Å². The second-order valence-corrected chi connectivity index (χ2v) is 8.62. The van der Waals surface area contributed by atoms with E-state index in [4.69, 9.17) is 0 Å². The first-order chi connectivity index (χ1) is 11.1. The number of hydrogen-bond donors (Lipinski definition) is 3. The normalized spacial score (nSPS) is 12.4. The van der Waals surface area contributed by atoms with E-state index in [0.717, 1.165) is 19.2 Å². The summed E-state index contributed by atoms with van der Waals surface area (Å²) >= 11 is 0. The highest BCUT2D eigenvalue weighted by Gasteiger charge is 2.12. The van der Waals surface area contributed by atoms with Crippen LogP contribution in [-0.4, -0.2) is 47.3 Å². The van der Waals surface area contributed by atoms with Gasteiger partial charge in [0.15, 0.2) is 5.96 Å². The van der Waals surface area contributed by atoms with Crippen LogP contribution in [0.25, 0.3) is 0 Å². The van der Waals surface area contributed by atoms with Gasteiger partial charge in [0, 0.05) is 26.7 Å². The minimum atomic E-state index is -3.15. The van der Waals surface area contributed by atoms with Gasteiger partial charge < -0.3 is 10.6 Å². The summed E-state index contributed by atoms with van der Waals surface area (Å²) in [5.41, 5.74) is 2.77. The lowest BCUT2D eigenvalue weighted by atomic mass is 9.86. The highest BCUT2D eigenvalue weighted by molar-refractivity contribution is 14.0.